The fourth-order valence-electron chi connectivity index (χ4n) is 2.30. The minimum absolute atomic E-state index is 0.294. The molecule has 23 heavy (non-hydrogen) atoms. The average Bonchev–Trinajstić information content (AvgIpc) is 3.28. The Morgan fingerprint density at radius 3 is 2.78 bits per heavy atom. The fourth-order valence-corrected chi connectivity index (χ4v) is 2.30. The maximum absolute atomic E-state index is 12.5. The second-order valence-electron chi connectivity index (χ2n) is 6.08. The number of aliphatic carboxylic acids is 1. The molecule has 1 atom stereocenters. The third kappa shape index (κ3) is 2.89. The largest absolute Gasteiger partial charge is 0.479 e. The topological polar surface area (TPSA) is 126 Å². The Bertz CT molecular complexity index is 792. The Morgan fingerprint density at radius 1 is 1.48 bits per heavy atom. The molecular formula is C15H17N3O5. The van der Waals surface area contributed by atoms with E-state index in [0.717, 1.165) is 25.5 Å². The highest BCUT2D eigenvalue weighted by atomic mass is 16.5. The Hall–Kier alpha value is -2.48. The molecule has 2 aromatic rings. The molecule has 1 amide bonds. The first-order valence-corrected chi connectivity index (χ1v) is 7.30. The summed E-state index contributed by atoms with van der Waals surface area (Å²) in [5.74, 6) is -1.58. The van der Waals surface area contributed by atoms with Crippen LogP contribution in [0.1, 0.15) is 47.4 Å². The van der Waals surface area contributed by atoms with Gasteiger partial charge in [-0.2, -0.15) is 0 Å². The molecule has 2 heterocycles. The lowest BCUT2D eigenvalue weighted by atomic mass is 10.1. The molecule has 122 valence electrons. The molecule has 1 aliphatic rings. The third-order valence-corrected chi connectivity index (χ3v) is 3.93. The molecule has 1 saturated carbocycles. The van der Waals surface area contributed by atoms with Crippen LogP contribution in [-0.2, 0) is 4.79 Å². The van der Waals surface area contributed by atoms with Gasteiger partial charge in [0.2, 0.25) is 0 Å². The standard InChI is InChI=1S/C15H17N3O5/c1-7-11-9(12(19)16-6-15(2,22)14(20)21)5-10(8-3-4-8)17-13(11)23-18-7/h5,8,22H,3-4,6H2,1-2H3,(H,16,19)(H,20,21). The Labute approximate surface area is 131 Å². The van der Waals surface area contributed by atoms with Gasteiger partial charge in [0.05, 0.1) is 23.2 Å². The third-order valence-electron chi connectivity index (χ3n) is 3.93. The van der Waals surface area contributed by atoms with E-state index >= 15 is 0 Å². The first-order valence-electron chi connectivity index (χ1n) is 7.30. The maximum atomic E-state index is 12.5. The van der Waals surface area contributed by atoms with Crippen molar-refractivity contribution >= 4 is 23.0 Å². The van der Waals surface area contributed by atoms with Gasteiger partial charge in [-0.25, -0.2) is 9.78 Å². The average molecular weight is 319 g/mol. The highest BCUT2D eigenvalue weighted by Gasteiger charge is 2.32. The van der Waals surface area contributed by atoms with Gasteiger partial charge in [-0.05, 0) is 32.8 Å². The second-order valence-corrected chi connectivity index (χ2v) is 6.08. The monoisotopic (exact) mass is 319 g/mol. The van der Waals surface area contributed by atoms with Crippen molar-refractivity contribution in [2.45, 2.75) is 38.2 Å². The number of carboxylic acid groups (broad SMARTS) is 1. The van der Waals surface area contributed by atoms with E-state index in [9.17, 15) is 14.7 Å². The van der Waals surface area contributed by atoms with Crippen LogP contribution < -0.4 is 5.32 Å². The molecule has 0 bridgehead atoms. The minimum atomic E-state index is -2.04. The van der Waals surface area contributed by atoms with Crippen LogP contribution in [0.25, 0.3) is 11.1 Å². The van der Waals surface area contributed by atoms with Crippen LogP contribution >= 0.6 is 0 Å². The van der Waals surface area contributed by atoms with Gasteiger partial charge in [0.1, 0.15) is 0 Å². The Morgan fingerprint density at radius 2 is 2.17 bits per heavy atom. The lowest BCUT2D eigenvalue weighted by molar-refractivity contribution is -0.155. The highest BCUT2D eigenvalue weighted by molar-refractivity contribution is 6.06. The van der Waals surface area contributed by atoms with Crippen LogP contribution in [0.4, 0.5) is 0 Å². The summed E-state index contributed by atoms with van der Waals surface area (Å²) < 4.78 is 5.16. The number of aryl methyl sites for hydroxylation is 1. The summed E-state index contributed by atoms with van der Waals surface area (Å²) >= 11 is 0. The van der Waals surface area contributed by atoms with E-state index < -0.39 is 24.0 Å². The molecule has 0 aromatic carbocycles. The number of carbonyl (C=O) groups excluding carboxylic acids is 1. The zero-order valence-electron chi connectivity index (χ0n) is 12.8. The quantitative estimate of drug-likeness (QED) is 0.749. The van der Waals surface area contributed by atoms with Crippen molar-refractivity contribution in [1.29, 1.82) is 0 Å². The van der Waals surface area contributed by atoms with Gasteiger partial charge in [-0.15, -0.1) is 0 Å². The molecular weight excluding hydrogens is 302 g/mol. The number of fused-ring (bicyclic) bond motifs is 1. The van der Waals surface area contributed by atoms with E-state index in [0.29, 0.717) is 28.3 Å². The number of hydrogen-bond acceptors (Lipinski definition) is 6. The highest BCUT2D eigenvalue weighted by Crippen LogP contribution is 2.40. The van der Waals surface area contributed by atoms with Crippen molar-refractivity contribution in [1.82, 2.24) is 15.5 Å². The summed E-state index contributed by atoms with van der Waals surface area (Å²) in [6.07, 6.45) is 2.03. The smallest absolute Gasteiger partial charge is 0.337 e. The summed E-state index contributed by atoms with van der Waals surface area (Å²) in [6, 6.07) is 1.69. The first kappa shape index (κ1) is 15.4. The molecule has 8 nitrogen and oxygen atoms in total. The van der Waals surface area contributed by atoms with Crippen LogP contribution in [0.3, 0.4) is 0 Å². The number of rotatable bonds is 5. The molecule has 2 aromatic heterocycles. The van der Waals surface area contributed by atoms with Crippen molar-refractivity contribution in [2.24, 2.45) is 0 Å². The number of nitrogens with zero attached hydrogens (tertiary/aromatic N) is 2. The zero-order chi connectivity index (χ0) is 16.8. The van der Waals surface area contributed by atoms with Crippen molar-refractivity contribution < 1.29 is 24.3 Å². The van der Waals surface area contributed by atoms with Crippen LogP contribution in [0, 0.1) is 6.92 Å². The van der Waals surface area contributed by atoms with E-state index in [2.05, 4.69) is 15.5 Å². The molecule has 0 spiro atoms. The lowest BCUT2D eigenvalue weighted by Gasteiger charge is -2.18. The summed E-state index contributed by atoms with van der Waals surface area (Å²) in [7, 11) is 0. The van der Waals surface area contributed by atoms with E-state index in [1.807, 2.05) is 0 Å². The number of aromatic nitrogens is 2. The van der Waals surface area contributed by atoms with Crippen LogP contribution in [-0.4, -0.2) is 44.4 Å². The van der Waals surface area contributed by atoms with Crippen LogP contribution in [0.5, 0.6) is 0 Å². The predicted octanol–water partition coefficient (Wildman–Crippen LogP) is 0.974. The fraction of sp³-hybridized carbons (Fsp3) is 0.467. The Balaban J connectivity index is 1.92. The molecule has 0 saturated heterocycles. The molecule has 0 aliphatic heterocycles. The van der Waals surface area contributed by atoms with E-state index in [4.69, 9.17) is 9.63 Å². The second kappa shape index (κ2) is 5.31. The molecule has 1 aliphatic carbocycles. The Kier molecular flexibility index (Phi) is 3.56. The van der Waals surface area contributed by atoms with E-state index in [1.165, 1.54) is 0 Å². The molecule has 3 N–H and O–H groups in total. The molecule has 8 heteroatoms. The molecule has 3 rings (SSSR count). The number of nitrogens with one attached hydrogen (secondary N) is 1. The van der Waals surface area contributed by atoms with Crippen LogP contribution in [0.15, 0.2) is 10.6 Å². The van der Waals surface area contributed by atoms with Gasteiger partial charge >= 0.3 is 5.97 Å². The van der Waals surface area contributed by atoms with Crippen molar-refractivity contribution in [2.75, 3.05) is 6.54 Å². The number of aliphatic hydroxyl groups is 1. The van der Waals surface area contributed by atoms with Crippen molar-refractivity contribution in [3.05, 3.63) is 23.0 Å². The van der Waals surface area contributed by atoms with Gasteiger partial charge in [-0.3, -0.25) is 4.79 Å². The number of carboxylic acids is 1. The summed E-state index contributed by atoms with van der Waals surface area (Å²) in [5.41, 5.74) is -0.113. The van der Waals surface area contributed by atoms with Gasteiger partial charge in [0, 0.05) is 11.6 Å². The van der Waals surface area contributed by atoms with Crippen molar-refractivity contribution in [3.8, 4) is 0 Å². The zero-order valence-corrected chi connectivity index (χ0v) is 12.8. The number of carbonyl (C=O) groups is 2. The summed E-state index contributed by atoms with van der Waals surface area (Å²) in [6.45, 7) is 2.42. The number of hydrogen-bond donors (Lipinski definition) is 3. The maximum Gasteiger partial charge on any atom is 0.337 e. The predicted molar refractivity (Wildman–Crippen MR) is 79.1 cm³/mol. The summed E-state index contributed by atoms with van der Waals surface area (Å²) in [5, 5.41) is 25.4. The van der Waals surface area contributed by atoms with Crippen LogP contribution in [0.2, 0.25) is 0 Å². The number of amides is 1. The lowest BCUT2D eigenvalue weighted by Crippen LogP contribution is -2.46. The van der Waals surface area contributed by atoms with Gasteiger partial charge in [0.25, 0.3) is 11.6 Å². The summed E-state index contributed by atoms with van der Waals surface area (Å²) in [4.78, 5) is 27.8. The van der Waals surface area contributed by atoms with Crippen molar-refractivity contribution in [3.63, 3.8) is 0 Å². The normalized spacial score (nSPS) is 17.0. The van der Waals surface area contributed by atoms with Gasteiger partial charge in [-0.1, -0.05) is 5.16 Å². The first-order chi connectivity index (χ1) is 10.8. The minimum Gasteiger partial charge on any atom is -0.479 e. The molecule has 1 fully saturated rings. The van der Waals surface area contributed by atoms with E-state index in [1.54, 1.807) is 13.0 Å². The molecule has 0 radical (unpaired) electrons. The SMILES string of the molecule is Cc1noc2nc(C3CC3)cc(C(=O)NCC(C)(O)C(=O)O)c12. The van der Waals surface area contributed by atoms with E-state index in [-0.39, 0.29) is 0 Å². The van der Waals surface area contributed by atoms with Gasteiger partial charge in [0.15, 0.2) is 5.60 Å². The molecule has 1 unspecified atom stereocenters. The van der Waals surface area contributed by atoms with Gasteiger partial charge < -0.3 is 20.1 Å². The number of pyridine rings is 1.